The molecule has 1 aliphatic carbocycles. The predicted molar refractivity (Wildman–Crippen MR) is 225 cm³/mol. The second-order valence-electron chi connectivity index (χ2n) is 14.8. The third kappa shape index (κ3) is 6.54. The van der Waals surface area contributed by atoms with Gasteiger partial charge in [-0.05, 0) is 101 Å². The largest absolute Gasteiger partial charge is 0.354 e. The first-order valence-electron chi connectivity index (χ1n) is 19.6. The second kappa shape index (κ2) is 14.9. The van der Waals surface area contributed by atoms with Gasteiger partial charge in [-0.1, -0.05) is 103 Å². The monoisotopic (exact) mass is 710 g/mol. The van der Waals surface area contributed by atoms with Crippen molar-refractivity contribution >= 4 is 59.9 Å². The number of anilines is 1. The van der Waals surface area contributed by atoms with Gasteiger partial charge in [-0.15, -0.1) is 0 Å². The molecule has 0 saturated carbocycles. The lowest BCUT2D eigenvalue weighted by Crippen LogP contribution is -2.47. The maximum atomic E-state index is 12.5. The van der Waals surface area contributed by atoms with Gasteiger partial charge in [0.1, 0.15) is 11.6 Å². The van der Waals surface area contributed by atoms with E-state index in [-0.39, 0.29) is 5.56 Å². The van der Waals surface area contributed by atoms with Crippen LogP contribution < -0.4 is 16.3 Å². The first-order valence-corrected chi connectivity index (χ1v) is 19.6. The minimum absolute atomic E-state index is 0.179. The number of para-hydroxylation sites is 2. The van der Waals surface area contributed by atoms with E-state index in [1.807, 2.05) is 18.2 Å². The van der Waals surface area contributed by atoms with Crippen LogP contribution in [-0.2, 0) is 19.3 Å². The Morgan fingerprint density at radius 2 is 1.19 bits per heavy atom. The Morgan fingerprint density at radius 3 is 2.00 bits per heavy atom. The average molecular weight is 711 g/mol. The topological polar surface area (TPSA) is 80.3 Å². The molecule has 0 spiro atoms. The fourth-order valence-corrected chi connectivity index (χ4v) is 8.64. The summed E-state index contributed by atoms with van der Waals surface area (Å²) in [5.74, 6) is 7.78. The Hall–Kier alpha value is -5.79. The number of hydrogen-bond acceptors (Lipinski definition) is 6. The highest BCUT2D eigenvalue weighted by Crippen LogP contribution is 2.34. The molecule has 2 N–H and O–H groups in total. The summed E-state index contributed by atoms with van der Waals surface area (Å²) in [6.07, 6.45) is 7.90. The molecule has 7 heteroatoms. The lowest BCUT2D eigenvalue weighted by atomic mass is 9.86. The molecule has 270 valence electrons. The number of rotatable bonds is 6. The summed E-state index contributed by atoms with van der Waals surface area (Å²) in [6, 6.07) is 42.3. The molecule has 0 unspecified atom stereocenters. The zero-order valence-electron chi connectivity index (χ0n) is 30.8. The summed E-state index contributed by atoms with van der Waals surface area (Å²) in [7, 11) is 0. The molecule has 10 rings (SSSR count). The number of nitrogens with zero attached hydrogens (tertiary/aromatic N) is 5. The van der Waals surface area contributed by atoms with Crippen LogP contribution in [-0.4, -0.2) is 52.3 Å². The lowest BCUT2D eigenvalue weighted by molar-refractivity contribution is 0.252. The zero-order chi connectivity index (χ0) is 36.4. The molecular formula is C47H46N6O. The smallest absolute Gasteiger partial charge is 0.279 e. The zero-order valence-corrected chi connectivity index (χ0v) is 30.8. The molecule has 2 aliphatic rings. The number of benzene rings is 6. The van der Waals surface area contributed by atoms with Crippen molar-refractivity contribution in [1.82, 2.24) is 19.5 Å². The number of nitrogens with two attached hydrogens (primary N) is 1. The predicted octanol–water partition coefficient (Wildman–Crippen LogP) is 8.83. The molecule has 2 aromatic heterocycles. The Bertz CT molecular complexity index is 2690. The van der Waals surface area contributed by atoms with E-state index in [9.17, 15) is 4.79 Å². The van der Waals surface area contributed by atoms with Gasteiger partial charge in [-0.2, -0.15) is 0 Å². The van der Waals surface area contributed by atoms with E-state index in [0.717, 1.165) is 56.9 Å². The minimum atomic E-state index is -0.179. The van der Waals surface area contributed by atoms with Crippen molar-refractivity contribution in [3.63, 3.8) is 0 Å². The third-order valence-corrected chi connectivity index (χ3v) is 11.5. The van der Waals surface area contributed by atoms with Crippen molar-refractivity contribution < 1.29 is 0 Å². The Labute approximate surface area is 315 Å². The standard InChI is InChI=1S/C29H30N6O.C18H16/c30-35-27(31-26-14-6-4-12-24(26)29(35)36)15-7-8-16-33-17-19-34(20-18-33)28-23-11-2-1-9-21(23)22-10-3-5-13-25(22)32-28;1-3-7-15-13(5-1)9-11-18-16-8-4-2-6-14(16)10-12-17(15)18/h1-6,9-14H,7-8,15-20,30H2;1,3,5,7,9-12H,2,4,6,8H2. The van der Waals surface area contributed by atoms with Crippen LogP contribution in [0.4, 0.5) is 5.82 Å². The van der Waals surface area contributed by atoms with E-state index in [2.05, 4.69) is 112 Å². The number of pyridine rings is 1. The number of aromatic nitrogens is 3. The molecule has 0 bridgehead atoms. The molecule has 1 fully saturated rings. The minimum Gasteiger partial charge on any atom is -0.354 e. The first-order chi connectivity index (χ1) is 26.6. The second-order valence-corrected chi connectivity index (χ2v) is 14.8. The van der Waals surface area contributed by atoms with Crippen LogP contribution in [0.3, 0.4) is 0 Å². The molecule has 54 heavy (non-hydrogen) atoms. The van der Waals surface area contributed by atoms with Crippen LogP contribution in [0.15, 0.2) is 126 Å². The van der Waals surface area contributed by atoms with E-state index in [1.165, 1.54) is 68.1 Å². The molecule has 1 saturated heterocycles. The average Bonchev–Trinajstić information content (AvgIpc) is 3.24. The highest BCUT2D eigenvalue weighted by Gasteiger charge is 2.21. The van der Waals surface area contributed by atoms with Crippen LogP contribution in [0.2, 0.25) is 0 Å². The molecule has 6 aromatic carbocycles. The number of aryl methyl sites for hydroxylation is 3. The summed E-state index contributed by atoms with van der Waals surface area (Å²) < 4.78 is 1.21. The van der Waals surface area contributed by atoms with Crippen molar-refractivity contribution in [2.24, 2.45) is 0 Å². The highest BCUT2D eigenvalue weighted by molar-refractivity contribution is 6.10. The summed E-state index contributed by atoms with van der Waals surface area (Å²) in [4.78, 5) is 27.1. The lowest BCUT2D eigenvalue weighted by Gasteiger charge is -2.36. The maximum Gasteiger partial charge on any atom is 0.279 e. The van der Waals surface area contributed by atoms with Crippen LogP contribution in [0.25, 0.3) is 54.1 Å². The van der Waals surface area contributed by atoms with Gasteiger partial charge in [0.2, 0.25) is 0 Å². The molecule has 0 atom stereocenters. The van der Waals surface area contributed by atoms with Gasteiger partial charge in [0.25, 0.3) is 5.56 Å². The summed E-state index contributed by atoms with van der Waals surface area (Å²) in [6.45, 7) is 4.98. The highest BCUT2D eigenvalue weighted by atomic mass is 16.1. The normalized spacial score (nSPS) is 14.8. The van der Waals surface area contributed by atoms with Gasteiger partial charge in [-0.3, -0.25) is 9.69 Å². The summed E-state index contributed by atoms with van der Waals surface area (Å²) in [5.41, 5.74) is 4.76. The van der Waals surface area contributed by atoms with Crippen molar-refractivity contribution in [3.8, 4) is 0 Å². The van der Waals surface area contributed by atoms with Gasteiger partial charge in [0, 0.05) is 43.4 Å². The first kappa shape index (κ1) is 34.0. The van der Waals surface area contributed by atoms with Crippen LogP contribution in [0.5, 0.6) is 0 Å². The molecule has 8 aromatic rings. The molecule has 0 amide bonds. The molecule has 3 heterocycles. The van der Waals surface area contributed by atoms with E-state index < -0.39 is 0 Å². The molecule has 0 radical (unpaired) electrons. The van der Waals surface area contributed by atoms with E-state index >= 15 is 0 Å². The number of fused-ring (bicyclic) bond motifs is 9. The van der Waals surface area contributed by atoms with Gasteiger partial charge in [-0.25, -0.2) is 14.6 Å². The van der Waals surface area contributed by atoms with Crippen LogP contribution >= 0.6 is 0 Å². The van der Waals surface area contributed by atoms with Gasteiger partial charge in [0.15, 0.2) is 0 Å². The van der Waals surface area contributed by atoms with E-state index in [4.69, 9.17) is 10.8 Å². The van der Waals surface area contributed by atoms with Crippen LogP contribution in [0, 0.1) is 0 Å². The Morgan fingerprint density at radius 1 is 0.556 bits per heavy atom. The van der Waals surface area contributed by atoms with E-state index in [0.29, 0.717) is 23.1 Å². The summed E-state index contributed by atoms with van der Waals surface area (Å²) >= 11 is 0. The quantitative estimate of drug-likeness (QED) is 0.106. The number of piperazine rings is 1. The van der Waals surface area contributed by atoms with Crippen molar-refractivity contribution in [2.75, 3.05) is 43.5 Å². The van der Waals surface area contributed by atoms with Gasteiger partial charge >= 0.3 is 0 Å². The van der Waals surface area contributed by atoms with Crippen molar-refractivity contribution in [2.45, 2.75) is 44.9 Å². The van der Waals surface area contributed by atoms with Gasteiger partial charge in [0.05, 0.1) is 16.4 Å². The molecule has 7 nitrogen and oxygen atoms in total. The summed E-state index contributed by atoms with van der Waals surface area (Å²) in [5, 5.41) is 9.90. The number of hydrogen-bond donors (Lipinski definition) is 1. The fourth-order valence-electron chi connectivity index (χ4n) is 8.64. The third-order valence-electron chi connectivity index (χ3n) is 11.5. The Kier molecular flexibility index (Phi) is 9.39. The fraction of sp³-hybridized carbons (Fsp3) is 0.255. The number of unbranched alkanes of at least 4 members (excludes halogenated alkanes) is 1. The van der Waals surface area contributed by atoms with Crippen LogP contribution in [0.1, 0.15) is 42.6 Å². The van der Waals surface area contributed by atoms with E-state index in [1.54, 1.807) is 17.2 Å². The number of nitrogen functional groups attached to an aromatic ring is 1. The molecular weight excluding hydrogens is 665 g/mol. The van der Waals surface area contributed by atoms with Gasteiger partial charge < -0.3 is 10.7 Å². The van der Waals surface area contributed by atoms with Crippen molar-refractivity contribution in [3.05, 3.63) is 149 Å². The maximum absolute atomic E-state index is 12.5. The Balaban J connectivity index is 0.000000177. The van der Waals surface area contributed by atoms with Crippen molar-refractivity contribution in [1.29, 1.82) is 0 Å². The SMILES string of the molecule is Nn1c(CCCCN2CCN(c3nc4ccccc4c4ccccc34)CC2)nc2ccccc2c1=O.c1ccc2c(c1)ccc1c3c(ccc12)CCCC3. The molecule has 1 aliphatic heterocycles.